The number of carboxylic acid groups (broad SMARTS) is 1. The molecule has 1 aromatic carbocycles. The van der Waals surface area contributed by atoms with Gasteiger partial charge in [0.15, 0.2) is 0 Å². The van der Waals surface area contributed by atoms with E-state index in [1.54, 1.807) is 0 Å². The number of hydrogen-bond acceptors (Lipinski definition) is 4. The molecule has 4 atom stereocenters. The lowest BCUT2D eigenvalue weighted by Crippen LogP contribution is -2.33. The van der Waals surface area contributed by atoms with E-state index in [2.05, 4.69) is 0 Å². The van der Waals surface area contributed by atoms with Crippen molar-refractivity contribution in [2.24, 2.45) is 23.7 Å². The Morgan fingerprint density at radius 2 is 1.52 bits per heavy atom. The fourth-order valence-electron chi connectivity index (χ4n) is 3.90. The summed E-state index contributed by atoms with van der Waals surface area (Å²) in [5, 5.41) is 10.7. The molecule has 0 unspecified atom stereocenters. The van der Waals surface area contributed by atoms with Crippen molar-refractivity contribution < 1.29 is 19.5 Å². The molecule has 2 aliphatic carbocycles. The van der Waals surface area contributed by atoms with Crippen LogP contribution in [0.3, 0.4) is 0 Å². The summed E-state index contributed by atoms with van der Waals surface area (Å²) in [7, 11) is 0. The van der Waals surface area contributed by atoms with E-state index in [9.17, 15) is 19.5 Å². The molecule has 1 saturated heterocycles. The van der Waals surface area contributed by atoms with Gasteiger partial charge in [-0.2, -0.15) is 0 Å². The van der Waals surface area contributed by atoms with Crippen LogP contribution < -0.4 is 10.0 Å². The minimum Gasteiger partial charge on any atom is -0.545 e. The third-order valence-corrected chi connectivity index (χ3v) is 4.83. The molecule has 1 saturated carbocycles. The monoisotopic (exact) mass is 282 g/mol. The topological polar surface area (TPSA) is 77.5 Å². The smallest absolute Gasteiger partial charge is 0.238 e. The van der Waals surface area contributed by atoms with Crippen molar-refractivity contribution in [3.8, 4) is 0 Å². The Balaban J connectivity index is 1.69. The molecule has 21 heavy (non-hydrogen) atoms. The molecule has 2 fully saturated rings. The molecule has 1 heterocycles. The van der Waals surface area contributed by atoms with Gasteiger partial charge in [0.2, 0.25) is 11.8 Å². The van der Waals surface area contributed by atoms with Crippen LogP contribution in [0.2, 0.25) is 0 Å². The van der Waals surface area contributed by atoms with Crippen molar-refractivity contribution in [1.82, 2.24) is 0 Å². The first-order valence-corrected chi connectivity index (χ1v) is 6.95. The highest BCUT2D eigenvalue weighted by atomic mass is 16.4. The summed E-state index contributed by atoms with van der Waals surface area (Å²) in [5.74, 6) is -1.75. The van der Waals surface area contributed by atoms with Crippen LogP contribution in [0.4, 0.5) is 5.69 Å². The van der Waals surface area contributed by atoms with Crippen molar-refractivity contribution in [1.29, 1.82) is 0 Å². The number of fused-ring (bicyclic) bond motifs is 5. The molecular weight excluding hydrogens is 270 g/mol. The molecule has 0 radical (unpaired) electrons. The Bertz CT molecular complexity index is 661. The van der Waals surface area contributed by atoms with Crippen molar-refractivity contribution in [3.63, 3.8) is 0 Å². The first-order chi connectivity index (χ1) is 10.1. The molecule has 0 aromatic heterocycles. The molecule has 2 bridgehead atoms. The summed E-state index contributed by atoms with van der Waals surface area (Å²) in [6.07, 6.45) is 4.98. The molecule has 3 aliphatic rings. The number of anilines is 1. The van der Waals surface area contributed by atoms with Crippen molar-refractivity contribution in [3.05, 3.63) is 42.0 Å². The number of carboxylic acids is 1. The van der Waals surface area contributed by atoms with Crippen LogP contribution in [0, 0.1) is 23.7 Å². The Hall–Kier alpha value is -2.43. The first kappa shape index (κ1) is 12.3. The van der Waals surface area contributed by atoms with Crippen LogP contribution in [-0.2, 0) is 9.59 Å². The second-order valence-corrected chi connectivity index (χ2v) is 5.85. The summed E-state index contributed by atoms with van der Waals surface area (Å²) >= 11 is 0. The summed E-state index contributed by atoms with van der Waals surface area (Å²) in [4.78, 5) is 37.1. The van der Waals surface area contributed by atoms with Crippen LogP contribution in [-0.4, -0.2) is 17.8 Å². The van der Waals surface area contributed by atoms with Gasteiger partial charge in [0.1, 0.15) is 0 Å². The molecule has 0 N–H and O–H groups in total. The van der Waals surface area contributed by atoms with Crippen molar-refractivity contribution >= 4 is 23.5 Å². The SMILES string of the molecule is O=C([O-])c1ccc(N2C(=O)[C@H]3[C@H](C2=O)[C@H]2C=C[C@@H]3C2)cc1. The number of rotatable bonds is 2. The van der Waals surface area contributed by atoms with Crippen LogP contribution in [0.5, 0.6) is 0 Å². The van der Waals surface area contributed by atoms with Gasteiger partial charge >= 0.3 is 0 Å². The maximum atomic E-state index is 12.5. The quantitative estimate of drug-likeness (QED) is 0.579. The van der Waals surface area contributed by atoms with Crippen LogP contribution in [0.25, 0.3) is 0 Å². The molecule has 106 valence electrons. The number of carbonyl (C=O) groups is 3. The number of hydrogen-bond donors (Lipinski definition) is 0. The summed E-state index contributed by atoms with van der Waals surface area (Å²) in [6, 6.07) is 5.67. The number of carbonyl (C=O) groups excluding carboxylic acids is 3. The predicted molar refractivity (Wildman–Crippen MR) is 71.0 cm³/mol. The molecule has 0 spiro atoms. The van der Waals surface area contributed by atoms with E-state index in [1.807, 2.05) is 12.2 Å². The second kappa shape index (κ2) is 4.04. The molecule has 2 amide bonds. The summed E-state index contributed by atoms with van der Waals surface area (Å²) < 4.78 is 0. The zero-order valence-corrected chi connectivity index (χ0v) is 11.1. The van der Waals surface area contributed by atoms with Gasteiger partial charge in [-0.05, 0) is 36.0 Å². The first-order valence-electron chi connectivity index (χ1n) is 6.95. The average molecular weight is 282 g/mol. The highest BCUT2D eigenvalue weighted by molar-refractivity contribution is 6.22. The Kier molecular flexibility index (Phi) is 2.37. The lowest BCUT2D eigenvalue weighted by Gasteiger charge is -2.17. The van der Waals surface area contributed by atoms with Gasteiger partial charge in [-0.15, -0.1) is 0 Å². The zero-order chi connectivity index (χ0) is 14.7. The maximum absolute atomic E-state index is 12.5. The molecule has 5 heteroatoms. The van der Waals surface area contributed by atoms with Crippen molar-refractivity contribution in [2.45, 2.75) is 6.42 Å². The van der Waals surface area contributed by atoms with Gasteiger partial charge in [0.05, 0.1) is 23.5 Å². The Morgan fingerprint density at radius 1 is 1.00 bits per heavy atom. The molecule has 1 aromatic rings. The summed E-state index contributed by atoms with van der Waals surface area (Å²) in [6.45, 7) is 0. The van der Waals surface area contributed by atoms with E-state index < -0.39 is 5.97 Å². The lowest BCUT2D eigenvalue weighted by molar-refractivity contribution is -0.255. The summed E-state index contributed by atoms with van der Waals surface area (Å²) in [5.41, 5.74) is 0.462. The number of imide groups is 1. The highest BCUT2D eigenvalue weighted by Crippen LogP contribution is 2.53. The number of amides is 2. The van der Waals surface area contributed by atoms with E-state index >= 15 is 0 Å². The van der Waals surface area contributed by atoms with Crippen LogP contribution in [0.1, 0.15) is 16.8 Å². The van der Waals surface area contributed by atoms with E-state index in [1.165, 1.54) is 29.2 Å². The standard InChI is InChI=1S/C16H13NO4/c18-14-12-9-1-2-10(7-9)13(12)15(19)17(14)11-5-3-8(4-6-11)16(20)21/h1-6,9-10,12-13H,7H2,(H,20,21)/p-1/t9-,10+,12-,13-/m1/s1. The van der Waals surface area contributed by atoms with Gasteiger partial charge in [0.25, 0.3) is 0 Å². The number of benzene rings is 1. The molecule has 5 nitrogen and oxygen atoms in total. The van der Waals surface area contributed by atoms with Gasteiger partial charge < -0.3 is 9.90 Å². The van der Waals surface area contributed by atoms with E-state index in [4.69, 9.17) is 0 Å². The number of aromatic carboxylic acids is 1. The minimum absolute atomic E-state index is 0.0276. The maximum Gasteiger partial charge on any atom is 0.238 e. The lowest BCUT2D eigenvalue weighted by atomic mass is 9.85. The zero-order valence-electron chi connectivity index (χ0n) is 11.1. The fraction of sp³-hybridized carbons (Fsp3) is 0.312. The minimum atomic E-state index is -1.28. The van der Waals surface area contributed by atoms with Crippen molar-refractivity contribution in [2.75, 3.05) is 4.90 Å². The highest BCUT2D eigenvalue weighted by Gasteiger charge is 2.59. The number of allylic oxidation sites excluding steroid dienone is 2. The third kappa shape index (κ3) is 1.54. The van der Waals surface area contributed by atoms with Gasteiger partial charge in [-0.1, -0.05) is 24.3 Å². The van der Waals surface area contributed by atoms with E-state index in [0.717, 1.165) is 6.42 Å². The molecule has 4 rings (SSSR count). The van der Waals surface area contributed by atoms with E-state index in [-0.39, 0.29) is 41.0 Å². The Labute approximate surface area is 120 Å². The Morgan fingerprint density at radius 3 is 2.00 bits per heavy atom. The normalized spacial score (nSPS) is 32.9. The number of nitrogens with zero attached hydrogens (tertiary/aromatic N) is 1. The largest absolute Gasteiger partial charge is 0.545 e. The van der Waals surface area contributed by atoms with E-state index in [0.29, 0.717) is 5.69 Å². The molecule has 1 aliphatic heterocycles. The predicted octanol–water partition coefficient (Wildman–Crippen LogP) is 0.362. The fourth-order valence-corrected chi connectivity index (χ4v) is 3.90. The van der Waals surface area contributed by atoms with Gasteiger partial charge in [0, 0.05) is 0 Å². The van der Waals surface area contributed by atoms with Gasteiger partial charge in [-0.25, -0.2) is 0 Å². The average Bonchev–Trinajstić information content (AvgIpc) is 3.13. The van der Waals surface area contributed by atoms with Gasteiger partial charge in [-0.3, -0.25) is 14.5 Å². The van der Waals surface area contributed by atoms with Crippen LogP contribution >= 0.6 is 0 Å². The molecular formula is C16H12NO4-. The third-order valence-electron chi connectivity index (χ3n) is 4.83. The van der Waals surface area contributed by atoms with Crippen LogP contribution in [0.15, 0.2) is 36.4 Å². The second-order valence-electron chi connectivity index (χ2n) is 5.85.